The summed E-state index contributed by atoms with van der Waals surface area (Å²) in [6.07, 6.45) is 6.86. The van der Waals surface area contributed by atoms with Gasteiger partial charge in [0.05, 0.1) is 6.20 Å². The van der Waals surface area contributed by atoms with Crippen molar-refractivity contribution in [3.8, 4) is 0 Å². The van der Waals surface area contributed by atoms with Crippen LogP contribution in [0.3, 0.4) is 0 Å². The van der Waals surface area contributed by atoms with Crippen LogP contribution in [0.4, 0.5) is 0 Å². The number of rotatable bonds is 6. The number of hydrogen-bond donors (Lipinski definition) is 1. The van der Waals surface area contributed by atoms with Crippen molar-refractivity contribution in [2.75, 3.05) is 26.2 Å². The van der Waals surface area contributed by atoms with Crippen LogP contribution in [0.5, 0.6) is 0 Å². The second-order valence-electron chi connectivity index (χ2n) is 5.95. The molecule has 0 saturated carbocycles. The van der Waals surface area contributed by atoms with Gasteiger partial charge in [-0.3, -0.25) is 9.58 Å². The Hall–Kier alpha value is -0.580. The minimum Gasteiger partial charge on any atom is -0.317 e. The van der Waals surface area contributed by atoms with Crippen LogP contribution >= 0.6 is 12.4 Å². The fourth-order valence-corrected chi connectivity index (χ4v) is 2.70. The summed E-state index contributed by atoms with van der Waals surface area (Å²) in [4.78, 5) is 2.56. The van der Waals surface area contributed by atoms with Crippen molar-refractivity contribution in [1.29, 1.82) is 0 Å². The maximum atomic E-state index is 4.42. The third-order valence-electron chi connectivity index (χ3n) is 3.98. The Labute approximate surface area is 129 Å². The van der Waals surface area contributed by atoms with Crippen molar-refractivity contribution in [3.05, 3.63) is 18.0 Å². The van der Waals surface area contributed by atoms with Gasteiger partial charge in [0.15, 0.2) is 0 Å². The summed E-state index contributed by atoms with van der Waals surface area (Å²) in [7, 11) is 0. The Morgan fingerprint density at radius 2 is 2.05 bits per heavy atom. The van der Waals surface area contributed by atoms with E-state index in [1.165, 1.54) is 38.0 Å². The zero-order valence-corrected chi connectivity index (χ0v) is 13.8. The van der Waals surface area contributed by atoms with Crippen LogP contribution in [0.25, 0.3) is 0 Å². The van der Waals surface area contributed by atoms with E-state index in [-0.39, 0.29) is 12.4 Å². The van der Waals surface area contributed by atoms with Crippen molar-refractivity contribution >= 4 is 12.4 Å². The molecule has 0 spiro atoms. The average molecular weight is 301 g/mol. The molecule has 0 atom stereocenters. The Bertz CT molecular complexity index is 370. The molecule has 1 aliphatic rings. The Balaban J connectivity index is 0.00000200. The van der Waals surface area contributed by atoms with E-state index in [1.54, 1.807) is 0 Å². The summed E-state index contributed by atoms with van der Waals surface area (Å²) < 4.78 is 2.05. The highest BCUT2D eigenvalue weighted by atomic mass is 35.5. The van der Waals surface area contributed by atoms with Crippen molar-refractivity contribution in [3.63, 3.8) is 0 Å². The highest BCUT2D eigenvalue weighted by Crippen LogP contribution is 2.18. The molecule has 1 aromatic heterocycles. The first kappa shape index (κ1) is 17.5. The van der Waals surface area contributed by atoms with E-state index in [2.05, 4.69) is 42.3 Å². The van der Waals surface area contributed by atoms with Crippen LogP contribution in [0, 0.1) is 5.92 Å². The molecule has 0 radical (unpaired) electrons. The molecule has 0 amide bonds. The molecule has 1 aliphatic heterocycles. The normalized spacial score (nSPS) is 17.4. The van der Waals surface area contributed by atoms with E-state index in [0.717, 1.165) is 19.0 Å². The molecule has 116 valence electrons. The molecule has 5 heteroatoms. The van der Waals surface area contributed by atoms with Crippen LogP contribution < -0.4 is 5.32 Å². The molecular weight excluding hydrogens is 272 g/mol. The third kappa shape index (κ3) is 5.08. The van der Waals surface area contributed by atoms with Crippen molar-refractivity contribution in [2.45, 2.75) is 46.2 Å². The predicted octanol–water partition coefficient (Wildman–Crippen LogP) is 2.71. The molecule has 0 bridgehead atoms. The Morgan fingerprint density at radius 1 is 1.35 bits per heavy atom. The van der Waals surface area contributed by atoms with Gasteiger partial charge in [-0.2, -0.15) is 5.10 Å². The number of piperidine rings is 1. The zero-order valence-electron chi connectivity index (χ0n) is 13.0. The molecule has 4 nitrogen and oxygen atoms in total. The second kappa shape index (κ2) is 8.65. The van der Waals surface area contributed by atoms with Crippen molar-refractivity contribution < 1.29 is 0 Å². The van der Waals surface area contributed by atoms with E-state index >= 15 is 0 Å². The van der Waals surface area contributed by atoms with Gasteiger partial charge in [0.1, 0.15) is 0 Å². The third-order valence-corrected chi connectivity index (χ3v) is 3.98. The minimum absolute atomic E-state index is 0. The molecule has 2 heterocycles. The largest absolute Gasteiger partial charge is 0.317 e. The van der Waals surface area contributed by atoms with Gasteiger partial charge in [0.2, 0.25) is 0 Å². The Kier molecular flexibility index (Phi) is 7.56. The fourth-order valence-electron chi connectivity index (χ4n) is 2.70. The van der Waals surface area contributed by atoms with Gasteiger partial charge in [-0.05, 0) is 58.8 Å². The molecule has 1 saturated heterocycles. The molecular formula is C15H29ClN4. The van der Waals surface area contributed by atoms with E-state index in [9.17, 15) is 0 Å². The molecule has 1 fully saturated rings. The van der Waals surface area contributed by atoms with E-state index in [4.69, 9.17) is 0 Å². The van der Waals surface area contributed by atoms with Gasteiger partial charge < -0.3 is 5.32 Å². The smallest absolute Gasteiger partial charge is 0.0534 e. The molecule has 0 aliphatic carbocycles. The average Bonchev–Trinajstić information content (AvgIpc) is 2.87. The van der Waals surface area contributed by atoms with Crippen LogP contribution in [0.1, 0.15) is 45.2 Å². The van der Waals surface area contributed by atoms with Crippen LogP contribution in [0.2, 0.25) is 0 Å². The van der Waals surface area contributed by atoms with Crippen molar-refractivity contribution in [1.82, 2.24) is 20.0 Å². The summed E-state index contributed by atoms with van der Waals surface area (Å²) in [5.74, 6) is 0.870. The summed E-state index contributed by atoms with van der Waals surface area (Å²) in [6.45, 7) is 12.3. The standard InChI is InChI=1S/C15H28N4.ClH/c1-4-16-9-14-5-7-18(8-6-14)11-15-10-17-19(12-15)13(2)3;/h10,12-14,16H,4-9,11H2,1-3H3;1H. The lowest BCUT2D eigenvalue weighted by molar-refractivity contribution is 0.176. The van der Waals surface area contributed by atoms with Crippen LogP contribution in [0.15, 0.2) is 12.4 Å². The SMILES string of the molecule is CCNCC1CCN(Cc2cnn(C(C)C)c2)CC1.Cl. The van der Waals surface area contributed by atoms with Crippen molar-refractivity contribution in [2.24, 2.45) is 5.92 Å². The molecule has 0 unspecified atom stereocenters. The lowest BCUT2D eigenvalue weighted by Gasteiger charge is -2.31. The second-order valence-corrected chi connectivity index (χ2v) is 5.95. The maximum absolute atomic E-state index is 4.42. The van der Waals surface area contributed by atoms with E-state index in [1.807, 2.05) is 10.9 Å². The quantitative estimate of drug-likeness (QED) is 0.877. The zero-order chi connectivity index (χ0) is 13.7. The highest BCUT2D eigenvalue weighted by molar-refractivity contribution is 5.85. The van der Waals surface area contributed by atoms with Gasteiger partial charge in [-0.15, -0.1) is 12.4 Å². The number of nitrogens with zero attached hydrogens (tertiary/aromatic N) is 3. The maximum Gasteiger partial charge on any atom is 0.0534 e. The lowest BCUT2D eigenvalue weighted by Crippen LogP contribution is -2.36. The number of halogens is 1. The molecule has 0 aromatic carbocycles. The van der Waals surface area contributed by atoms with Gasteiger partial charge >= 0.3 is 0 Å². The lowest BCUT2D eigenvalue weighted by atomic mass is 9.96. The monoisotopic (exact) mass is 300 g/mol. The molecule has 2 rings (SSSR count). The van der Waals surface area contributed by atoms with Gasteiger partial charge in [-0.25, -0.2) is 0 Å². The van der Waals surface area contributed by atoms with Gasteiger partial charge in [0.25, 0.3) is 0 Å². The van der Waals surface area contributed by atoms with E-state index in [0.29, 0.717) is 6.04 Å². The summed E-state index contributed by atoms with van der Waals surface area (Å²) in [5.41, 5.74) is 1.35. The minimum atomic E-state index is 0. The molecule has 1 aromatic rings. The van der Waals surface area contributed by atoms with E-state index < -0.39 is 0 Å². The first-order valence-corrected chi connectivity index (χ1v) is 7.65. The first-order chi connectivity index (χ1) is 9.19. The van der Waals surface area contributed by atoms with Crippen LogP contribution in [-0.4, -0.2) is 40.9 Å². The summed E-state index contributed by atoms with van der Waals surface area (Å²) in [5, 5.41) is 7.88. The topological polar surface area (TPSA) is 33.1 Å². The number of likely N-dealkylation sites (tertiary alicyclic amines) is 1. The van der Waals surface area contributed by atoms with Crippen LogP contribution in [-0.2, 0) is 6.54 Å². The number of hydrogen-bond acceptors (Lipinski definition) is 3. The fraction of sp³-hybridized carbons (Fsp3) is 0.800. The Morgan fingerprint density at radius 3 is 2.60 bits per heavy atom. The number of aromatic nitrogens is 2. The molecule has 20 heavy (non-hydrogen) atoms. The van der Waals surface area contributed by atoms with Gasteiger partial charge in [-0.1, -0.05) is 6.92 Å². The summed E-state index contributed by atoms with van der Waals surface area (Å²) >= 11 is 0. The number of nitrogens with one attached hydrogen (secondary N) is 1. The molecule has 1 N–H and O–H groups in total. The predicted molar refractivity (Wildman–Crippen MR) is 86.4 cm³/mol. The first-order valence-electron chi connectivity index (χ1n) is 7.65. The summed E-state index contributed by atoms with van der Waals surface area (Å²) in [6, 6.07) is 0.458. The highest BCUT2D eigenvalue weighted by Gasteiger charge is 2.19. The van der Waals surface area contributed by atoms with Gasteiger partial charge in [0, 0.05) is 24.3 Å².